The molecular weight excluding hydrogens is 418 g/mol. The minimum absolute atomic E-state index is 0.0637. The number of aliphatic hydroxyl groups is 1. The van der Waals surface area contributed by atoms with E-state index in [1.54, 1.807) is 24.4 Å². The third-order valence-corrected chi connectivity index (χ3v) is 6.26. The summed E-state index contributed by atoms with van der Waals surface area (Å²) in [5.74, 6) is 0. The molecule has 1 aromatic heterocycles. The van der Waals surface area contributed by atoms with Gasteiger partial charge < -0.3 is 5.11 Å². The van der Waals surface area contributed by atoms with Crippen molar-refractivity contribution in [2.24, 2.45) is 0 Å². The Morgan fingerprint density at radius 3 is 2.58 bits per heavy atom. The molecule has 2 aromatic carbocycles. The molecule has 0 aliphatic carbocycles. The number of benzene rings is 2. The van der Waals surface area contributed by atoms with Gasteiger partial charge in [0.1, 0.15) is 6.10 Å². The van der Waals surface area contributed by atoms with Crippen molar-refractivity contribution < 1.29 is 17.7 Å². The zero-order valence-corrected chi connectivity index (χ0v) is 16.7. The van der Waals surface area contributed by atoms with E-state index < -0.39 is 16.2 Å². The molecule has 26 heavy (non-hydrogen) atoms. The highest BCUT2D eigenvalue weighted by Crippen LogP contribution is 2.34. The maximum absolute atomic E-state index is 12.3. The van der Waals surface area contributed by atoms with E-state index in [1.807, 2.05) is 26.0 Å². The molecule has 0 radical (unpaired) electrons. The molecule has 1 atom stereocenters. The molecular formula is C19H18BrNO4S. The quantitative estimate of drug-likeness (QED) is 0.611. The van der Waals surface area contributed by atoms with Crippen molar-refractivity contribution in [3.8, 4) is 0 Å². The standard InChI is InChI=1S/C19H18BrNO4S/c1-12-5-7-14(8-6-12)26(23,24)25-11-17(22)18-13(2)10-16-15(19(18)20)4-3-9-21-16/h3-10,17,22H,11H2,1-2H3. The van der Waals surface area contributed by atoms with Gasteiger partial charge in [-0.05, 0) is 59.6 Å². The zero-order chi connectivity index (χ0) is 18.9. The van der Waals surface area contributed by atoms with E-state index in [2.05, 4.69) is 20.9 Å². The summed E-state index contributed by atoms with van der Waals surface area (Å²) in [5.41, 5.74) is 3.13. The summed E-state index contributed by atoms with van der Waals surface area (Å²) in [4.78, 5) is 4.36. The van der Waals surface area contributed by atoms with Gasteiger partial charge in [-0.3, -0.25) is 9.17 Å². The van der Waals surface area contributed by atoms with E-state index in [-0.39, 0.29) is 11.5 Å². The second kappa shape index (κ2) is 7.44. The third kappa shape index (κ3) is 3.81. The van der Waals surface area contributed by atoms with Gasteiger partial charge in [-0.15, -0.1) is 0 Å². The predicted octanol–water partition coefficient (Wildman–Crippen LogP) is 4.05. The van der Waals surface area contributed by atoms with Crippen molar-refractivity contribution >= 4 is 37.0 Å². The molecule has 0 bridgehead atoms. The largest absolute Gasteiger partial charge is 0.386 e. The Kier molecular flexibility index (Phi) is 5.43. The average molecular weight is 436 g/mol. The lowest BCUT2D eigenvalue weighted by atomic mass is 10.0. The molecule has 0 saturated carbocycles. The van der Waals surface area contributed by atoms with Gasteiger partial charge in [-0.1, -0.05) is 23.8 Å². The van der Waals surface area contributed by atoms with E-state index in [1.165, 1.54) is 12.1 Å². The molecule has 5 nitrogen and oxygen atoms in total. The van der Waals surface area contributed by atoms with Crippen LogP contribution in [0.3, 0.4) is 0 Å². The molecule has 3 rings (SSSR count). The van der Waals surface area contributed by atoms with Crippen LogP contribution in [0, 0.1) is 13.8 Å². The van der Waals surface area contributed by atoms with E-state index in [0.29, 0.717) is 10.0 Å². The molecule has 0 spiro atoms. The van der Waals surface area contributed by atoms with E-state index in [0.717, 1.165) is 22.0 Å². The van der Waals surface area contributed by atoms with Crippen molar-refractivity contribution in [2.75, 3.05) is 6.61 Å². The van der Waals surface area contributed by atoms with E-state index >= 15 is 0 Å². The molecule has 3 aromatic rings. The van der Waals surface area contributed by atoms with Crippen molar-refractivity contribution in [1.29, 1.82) is 0 Å². The van der Waals surface area contributed by atoms with Crippen molar-refractivity contribution in [3.05, 3.63) is 69.8 Å². The molecule has 0 aliphatic rings. The third-order valence-electron chi connectivity index (χ3n) is 4.11. The number of rotatable bonds is 5. The Morgan fingerprint density at radius 2 is 1.88 bits per heavy atom. The molecule has 1 N–H and O–H groups in total. The summed E-state index contributed by atoms with van der Waals surface area (Å²) in [6, 6.07) is 11.9. The summed E-state index contributed by atoms with van der Waals surface area (Å²) in [5, 5.41) is 11.4. The Labute approximate surface area is 160 Å². The van der Waals surface area contributed by atoms with Crippen molar-refractivity contribution in [1.82, 2.24) is 4.98 Å². The number of aromatic nitrogens is 1. The Hall–Kier alpha value is -1.80. The number of fused-ring (bicyclic) bond motifs is 1. The van der Waals surface area contributed by atoms with Gasteiger partial charge >= 0.3 is 0 Å². The predicted molar refractivity (Wildman–Crippen MR) is 103 cm³/mol. The normalized spacial score (nSPS) is 13.1. The molecule has 1 heterocycles. The number of hydrogen-bond acceptors (Lipinski definition) is 5. The first-order valence-electron chi connectivity index (χ1n) is 7.97. The maximum Gasteiger partial charge on any atom is 0.297 e. The van der Waals surface area contributed by atoms with Crippen LogP contribution >= 0.6 is 15.9 Å². The van der Waals surface area contributed by atoms with E-state index in [9.17, 15) is 13.5 Å². The monoisotopic (exact) mass is 435 g/mol. The summed E-state index contributed by atoms with van der Waals surface area (Å²) >= 11 is 3.50. The molecule has 0 amide bonds. The lowest BCUT2D eigenvalue weighted by molar-refractivity contribution is 0.110. The fourth-order valence-corrected chi connectivity index (χ4v) is 4.56. The Morgan fingerprint density at radius 1 is 1.19 bits per heavy atom. The molecule has 0 fully saturated rings. The molecule has 136 valence electrons. The fourth-order valence-electron chi connectivity index (χ4n) is 2.74. The first-order chi connectivity index (χ1) is 12.3. The highest BCUT2D eigenvalue weighted by molar-refractivity contribution is 9.10. The van der Waals surface area contributed by atoms with Crippen LogP contribution in [0.1, 0.15) is 22.8 Å². The minimum atomic E-state index is -3.94. The Bertz CT molecular complexity index is 1050. The number of pyridine rings is 1. The smallest absolute Gasteiger partial charge is 0.297 e. The van der Waals surface area contributed by atoms with Gasteiger partial charge in [-0.2, -0.15) is 8.42 Å². The lowest BCUT2D eigenvalue weighted by Gasteiger charge is -2.17. The second-order valence-corrected chi connectivity index (χ2v) is 8.47. The van der Waals surface area contributed by atoms with Crippen LogP contribution in [-0.2, 0) is 14.3 Å². The van der Waals surface area contributed by atoms with Crippen LogP contribution in [0.5, 0.6) is 0 Å². The molecule has 1 unspecified atom stereocenters. The Balaban J connectivity index is 1.85. The van der Waals surface area contributed by atoms with Crippen LogP contribution in [0.4, 0.5) is 0 Å². The van der Waals surface area contributed by atoms with Crippen LogP contribution < -0.4 is 0 Å². The molecule has 0 saturated heterocycles. The van der Waals surface area contributed by atoms with Gasteiger partial charge in [0.2, 0.25) is 0 Å². The number of nitrogens with zero attached hydrogens (tertiary/aromatic N) is 1. The molecule has 0 aliphatic heterocycles. The van der Waals surface area contributed by atoms with Gasteiger partial charge in [-0.25, -0.2) is 0 Å². The SMILES string of the molecule is Cc1ccc(S(=O)(=O)OCC(O)c2c(C)cc3ncccc3c2Br)cc1. The highest BCUT2D eigenvalue weighted by Gasteiger charge is 2.22. The second-order valence-electron chi connectivity index (χ2n) is 6.06. The van der Waals surface area contributed by atoms with Crippen LogP contribution in [0.2, 0.25) is 0 Å². The summed E-state index contributed by atoms with van der Waals surface area (Å²) < 4.78 is 30.4. The zero-order valence-electron chi connectivity index (χ0n) is 14.3. The summed E-state index contributed by atoms with van der Waals surface area (Å²) in [6.45, 7) is 3.34. The van der Waals surface area contributed by atoms with Crippen LogP contribution in [0.15, 0.2) is 58.0 Å². The number of aryl methyl sites for hydroxylation is 2. The van der Waals surface area contributed by atoms with Gasteiger partial charge in [0.25, 0.3) is 10.1 Å². The van der Waals surface area contributed by atoms with E-state index in [4.69, 9.17) is 4.18 Å². The van der Waals surface area contributed by atoms with Gasteiger partial charge in [0, 0.05) is 21.6 Å². The van der Waals surface area contributed by atoms with Gasteiger partial charge in [0.05, 0.1) is 17.0 Å². The number of hydrogen-bond donors (Lipinski definition) is 1. The van der Waals surface area contributed by atoms with Crippen molar-refractivity contribution in [2.45, 2.75) is 24.8 Å². The van der Waals surface area contributed by atoms with Gasteiger partial charge in [0.15, 0.2) is 0 Å². The topological polar surface area (TPSA) is 76.5 Å². The maximum atomic E-state index is 12.3. The first-order valence-corrected chi connectivity index (χ1v) is 10.2. The summed E-state index contributed by atoms with van der Waals surface area (Å²) in [7, 11) is -3.94. The minimum Gasteiger partial charge on any atom is -0.386 e. The summed E-state index contributed by atoms with van der Waals surface area (Å²) in [6.07, 6.45) is 0.593. The molecule has 7 heteroatoms. The number of aliphatic hydroxyl groups excluding tert-OH is 1. The van der Waals surface area contributed by atoms with Crippen molar-refractivity contribution in [3.63, 3.8) is 0 Å². The number of halogens is 1. The highest BCUT2D eigenvalue weighted by atomic mass is 79.9. The first kappa shape index (κ1) is 19.0. The fraction of sp³-hybridized carbons (Fsp3) is 0.211. The van der Waals surface area contributed by atoms with Crippen LogP contribution in [0.25, 0.3) is 10.9 Å². The lowest BCUT2D eigenvalue weighted by Crippen LogP contribution is -2.15. The van der Waals surface area contributed by atoms with Crippen LogP contribution in [-0.4, -0.2) is 25.1 Å². The average Bonchev–Trinajstić information content (AvgIpc) is 2.60.